The molecule has 0 amide bonds. The Morgan fingerprint density at radius 1 is 0.971 bits per heavy atom. The van der Waals surface area contributed by atoms with Gasteiger partial charge >= 0.3 is 0 Å². The number of ether oxygens (including phenoxy) is 1. The van der Waals surface area contributed by atoms with Gasteiger partial charge in [0, 0.05) is 44.4 Å². The van der Waals surface area contributed by atoms with Crippen molar-refractivity contribution < 1.29 is 26.4 Å². The minimum Gasteiger partial charge on any atom is -0.495 e. The molecule has 9 nitrogen and oxygen atoms in total. The minimum absolute atomic E-state index is 0.141. The van der Waals surface area contributed by atoms with Gasteiger partial charge in [0.2, 0.25) is 10.0 Å². The number of piperazine rings is 1. The molecule has 3 rings (SSSR count). The van der Waals surface area contributed by atoms with E-state index in [0.29, 0.717) is 6.42 Å². The molecule has 11 heteroatoms. The van der Waals surface area contributed by atoms with Crippen LogP contribution in [0.4, 0.5) is 5.69 Å². The number of ketones is 1. The number of Topliss-reactive ketones (excluding diaryl/α,β-unsaturated/α-hetero) is 1. The number of para-hydroxylation sites is 2. The topological polar surface area (TPSA) is 127 Å². The number of rotatable bonds is 10. The van der Waals surface area contributed by atoms with Gasteiger partial charge < -0.3 is 9.64 Å². The highest BCUT2D eigenvalue weighted by Crippen LogP contribution is 2.28. The Bertz CT molecular complexity index is 1240. The zero-order chi connectivity index (χ0) is 24.9. The van der Waals surface area contributed by atoms with Gasteiger partial charge in [-0.15, -0.1) is 0 Å². The lowest BCUT2D eigenvalue weighted by molar-refractivity contribution is 0.0977. The highest BCUT2D eigenvalue weighted by molar-refractivity contribution is 7.93. The number of sulfonamides is 1. The third-order valence-electron chi connectivity index (χ3n) is 5.90. The fourth-order valence-electron chi connectivity index (χ4n) is 4.08. The highest BCUT2D eigenvalue weighted by atomic mass is 32.2. The Labute approximate surface area is 201 Å². The maximum Gasteiger partial charge on any atom is 0.239 e. The summed E-state index contributed by atoms with van der Waals surface area (Å²) in [5, 5.41) is 5.17. The number of unbranched alkanes of at least 4 members (excludes halogenated alkanes) is 1. The first-order valence-electron chi connectivity index (χ1n) is 11.0. The van der Waals surface area contributed by atoms with Gasteiger partial charge in [-0.1, -0.05) is 18.2 Å². The Balaban J connectivity index is 1.50. The molecule has 0 unspecified atom stereocenters. The zero-order valence-electron chi connectivity index (χ0n) is 19.4. The molecule has 0 spiro atoms. The third kappa shape index (κ3) is 6.56. The van der Waals surface area contributed by atoms with Crippen molar-refractivity contribution in [3.63, 3.8) is 0 Å². The molecule has 0 radical (unpaired) electrons. The number of hydrogen-bond acceptors (Lipinski definition) is 8. The quantitative estimate of drug-likeness (QED) is 0.380. The van der Waals surface area contributed by atoms with Gasteiger partial charge in [-0.25, -0.2) is 22.0 Å². The maximum absolute atomic E-state index is 12.6. The summed E-state index contributed by atoms with van der Waals surface area (Å²) in [6.45, 7) is 4.47. The number of nitrogens with zero attached hydrogens (tertiary/aromatic N) is 2. The summed E-state index contributed by atoms with van der Waals surface area (Å²) in [6, 6.07) is 11.5. The second kappa shape index (κ2) is 10.9. The van der Waals surface area contributed by atoms with Crippen LogP contribution in [0.5, 0.6) is 5.75 Å². The molecule has 1 saturated heterocycles. The average molecular weight is 510 g/mol. The second-order valence-corrected chi connectivity index (χ2v) is 11.9. The number of hydrogen-bond donors (Lipinski definition) is 1. The molecule has 186 valence electrons. The minimum atomic E-state index is -4.29. The molecule has 34 heavy (non-hydrogen) atoms. The largest absolute Gasteiger partial charge is 0.495 e. The van der Waals surface area contributed by atoms with Gasteiger partial charge in [-0.3, -0.25) is 9.69 Å². The molecule has 0 aromatic heterocycles. The molecular formula is C23H31N3O6S2. The van der Waals surface area contributed by atoms with E-state index in [2.05, 4.69) is 15.9 Å². The summed E-state index contributed by atoms with van der Waals surface area (Å²) in [4.78, 5) is 16.3. The van der Waals surface area contributed by atoms with Crippen molar-refractivity contribution in [2.24, 2.45) is 5.14 Å². The van der Waals surface area contributed by atoms with E-state index in [1.165, 1.54) is 6.07 Å². The smallest absolute Gasteiger partial charge is 0.239 e. The zero-order valence-corrected chi connectivity index (χ0v) is 21.1. The molecule has 1 heterocycles. The van der Waals surface area contributed by atoms with E-state index in [0.717, 1.165) is 69.0 Å². The van der Waals surface area contributed by atoms with Crippen LogP contribution in [0.15, 0.2) is 52.3 Å². The molecule has 2 aromatic carbocycles. The van der Waals surface area contributed by atoms with E-state index in [1.54, 1.807) is 7.11 Å². The number of primary sulfonamides is 1. The van der Waals surface area contributed by atoms with Crippen molar-refractivity contribution in [2.45, 2.75) is 29.1 Å². The summed E-state index contributed by atoms with van der Waals surface area (Å²) in [5.74, 6) is 0.621. The third-order valence-corrected chi connectivity index (χ3v) is 8.13. The van der Waals surface area contributed by atoms with Crippen LogP contribution in [0, 0.1) is 0 Å². The SMILES string of the molecule is COc1ccccc1N1CCN(CCCCC(=O)c2ccc(S(C)(=O)=O)c(S(N)(=O)=O)c2)CC1. The first-order valence-corrected chi connectivity index (χ1v) is 14.4. The van der Waals surface area contributed by atoms with E-state index in [-0.39, 0.29) is 17.8 Å². The predicted molar refractivity (Wildman–Crippen MR) is 131 cm³/mol. The molecule has 1 aliphatic heterocycles. The maximum atomic E-state index is 12.6. The van der Waals surface area contributed by atoms with Crippen LogP contribution in [0.3, 0.4) is 0 Å². The van der Waals surface area contributed by atoms with Gasteiger partial charge in [0.25, 0.3) is 0 Å². The molecule has 2 aromatic rings. The summed E-state index contributed by atoms with van der Waals surface area (Å²) < 4.78 is 52.9. The van der Waals surface area contributed by atoms with Crippen LogP contribution in [-0.2, 0) is 19.9 Å². The first kappa shape index (κ1) is 26.1. The molecular weight excluding hydrogens is 478 g/mol. The van der Waals surface area contributed by atoms with Crippen LogP contribution >= 0.6 is 0 Å². The van der Waals surface area contributed by atoms with E-state index >= 15 is 0 Å². The number of sulfone groups is 1. The molecule has 0 saturated carbocycles. The predicted octanol–water partition coefficient (Wildman–Crippen LogP) is 1.92. The van der Waals surface area contributed by atoms with Crippen molar-refractivity contribution in [2.75, 3.05) is 51.0 Å². The lowest BCUT2D eigenvalue weighted by Gasteiger charge is -2.36. The summed E-state index contributed by atoms with van der Waals surface area (Å²) in [7, 11) is -6.42. The van der Waals surface area contributed by atoms with E-state index < -0.39 is 29.7 Å². The molecule has 0 aliphatic carbocycles. The molecule has 0 bridgehead atoms. The number of carbonyl (C=O) groups excluding carboxylic acids is 1. The number of anilines is 1. The summed E-state index contributed by atoms with van der Waals surface area (Å²) >= 11 is 0. The molecule has 0 atom stereocenters. The van der Waals surface area contributed by atoms with Crippen LogP contribution in [0.25, 0.3) is 0 Å². The second-order valence-electron chi connectivity index (χ2n) is 8.36. The molecule has 1 fully saturated rings. The van der Waals surface area contributed by atoms with Crippen molar-refractivity contribution in [3.8, 4) is 5.75 Å². The molecule has 2 N–H and O–H groups in total. The number of carbonyl (C=O) groups is 1. The standard InChI is InChI=1S/C23H31N3O6S2/c1-32-21-9-4-3-7-19(21)26-15-13-25(14-16-26)12-6-5-8-20(27)18-10-11-22(33(2,28)29)23(17-18)34(24,30)31/h3-4,7,9-11,17H,5-6,8,12-16H2,1-2H3,(H2,24,30,31). The number of methoxy groups -OCH3 is 1. The van der Waals surface area contributed by atoms with Crippen LogP contribution in [0.2, 0.25) is 0 Å². The average Bonchev–Trinajstić information content (AvgIpc) is 2.80. The Morgan fingerprint density at radius 2 is 1.65 bits per heavy atom. The Kier molecular flexibility index (Phi) is 8.34. The van der Waals surface area contributed by atoms with E-state index in [1.807, 2.05) is 18.2 Å². The van der Waals surface area contributed by atoms with Gasteiger partial charge in [-0.05, 0) is 43.7 Å². The lowest BCUT2D eigenvalue weighted by atomic mass is 10.1. The van der Waals surface area contributed by atoms with E-state index in [4.69, 9.17) is 9.88 Å². The van der Waals surface area contributed by atoms with Crippen molar-refractivity contribution in [1.82, 2.24) is 4.90 Å². The fourth-order valence-corrected chi connectivity index (χ4v) is 6.26. The fraction of sp³-hybridized carbons (Fsp3) is 0.435. The van der Waals surface area contributed by atoms with Gasteiger partial charge in [0.15, 0.2) is 15.6 Å². The van der Waals surface area contributed by atoms with Gasteiger partial charge in [0.05, 0.1) is 17.7 Å². The Morgan fingerprint density at radius 3 is 2.26 bits per heavy atom. The lowest BCUT2D eigenvalue weighted by Crippen LogP contribution is -2.46. The number of nitrogens with two attached hydrogens (primary N) is 1. The normalized spacial score (nSPS) is 15.3. The Hall–Kier alpha value is -2.47. The van der Waals surface area contributed by atoms with Crippen molar-refractivity contribution in [1.29, 1.82) is 0 Å². The van der Waals surface area contributed by atoms with Crippen LogP contribution in [0.1, 0.15) is 29.6 Å². The first-order chi connectivity index (χ1) is 16.0. The van der Waals surface area contributed by atoms with Crippen LogP contribution in [-0.4, -0.2) is 73.6 Å². The monoisotopic (exact) mass is 509 g/mol. The summed E-state index contributed by atoms with van der Waals surface area (Å²) in [6.07, 6.45) is 2.60. The van der Waals surface area contributed by atoms with E-state index in [9.17, 15) is 21.6 Å². The molecule has 1 aliphatic rings. The van der Waals surface area contributed by atoms with Crippen LogP contribution < -0.4 is 14.8 Å². The number of benzene rings is 2. The highest BCUT2D eigenvalue weighted by Gasteiger charge is 2.23. The summed E-state index contributed by atoms with van der Waals surface area (Å²) in [5.41, 5.74) is 1.23. The van der Waals surface area contributed by atoms with Gasteiger partial charge in [-0.2, -0.15) is 0 Å². The van der Waals surface area contributed by atoms with Crippen molar-refractivity contribution >= 4 is 31.3 Å². The van der Waals surface area contributed by atoms with Gasteiger partial charge in [0.1, 0.15) is 10.6 Å². The van der Waals surface area contributed by atoms with Crippen molar-refractivity contribution in [3.05, 3.63) is 48.0 Å².